The Morgan fingerprint density at radius 2 is 2.00 bits per heavy atom. The van der Waals surface area contributed by atoms with E-state index in [1.165, 1.54) is 5.56 Å². The predicted molar refractivity (Wildman–Crippen MR) is 83.1 cm³/mol. The van der Waals surface area contributed by atoms with Crippen LogP contribution in [0.5, 0.6) is 0 Å². The fourth-order valence-electron chi connectivity index (χ4n) is 3.46. The molecule has 0 aromatic heterocycles. The Labute approximate surface area is 130 Å². The third kappa shape index (κ3) is 3.10. The Kier molecular flexibility index (Phi) is 4.64. The van der Waals surface area contributed by atoms with Crippen molar-refractivity contribution in [3.05, 3.63) is 29.8 Å². The molecule has 1 heterocycles. The lowest BCUT2D eigenvalue weighted by Crippen LogP contribution is -2.27. The highest BCUT2D eigenvalue weighted by Gasteiger charge is 2.34. The maximum absolute atomic E-state index is 12.2. The van der Waals surface area contributed by atoms with Gasteiger partial charge in [0.05, 0.1) is 24.9 Å². The van der Waals surface area contributed by atoms with Crippen LogP contribution in [0.15, 0.2) is 24.3 Å². The molecule has 5 heteroatoms. The number of carbonyl (C=O) groups is 1. The molecule has 1 aromatic carbocycles. The molecule has 2 fully saturated rings. The quantitative estimate of drug-likeness (QED) is 0.929. The molecule has 1 aliphatic carbocycles. The number of carbonyl (C=O) groups excluding carboxylic acids is 1. The Balaban J connectivity index is 1.81. The molecular weight excluding hydrogens is 282 g/mol. The van der Waals surface area contributed by atoms with E-state index in [1.54, 1.807) is 12.0 Å². The Hall–Kier alpha value is -1.59. The second-order valence-electron chi connectivity index (χ2n) is 6.14. The lowest BCUT2D eigenvalue weighted by atomic mass is 9.82. The summed E-state index contributed by atoms with van der Waals surface area (Å²) < 4.78 is 10.4. The average molecular weight is 305 g/mol. The van der Waals surface area contributed by atoms with E-state index in [0.717, 1.165) is 31.4 Å². The zero-order valence-corrected chi connectivity index (χ0v) is 12.9. The van der Waals surface area contributed by atoms with Gasteiger partial charge < -0.3 is 14.6 Å². The van der Waals surface area contributed by atoms with Crippen LogP contribution < -0.4 is 4.90 Å². The molecule has 22 heavy (non-hydrogen) atoms. The number of amides is 1. The van der Waals surface area contributed by atoms with Crippen LogP contribution in [0.1, 0.15) is 37.2 Å². The van der Waals surface area contributed by atoms with Crippen LogP contribution in [-0.2, 0) is 9.47 Å². The number of ether oxygens (including phenoxy) is 2. The van der Waals surface area contributed by atoms with Gasteiger partial charge in [0, 0.05) is 7.11 Å². The first-order valence-electron chi connectivity index (χ1n) is 7.93. The summed E-state index contributed by atoms with van der Waals surface area (Å²) in [6.45, 7) is 0.944. The van der Waals surface area contributed by atoms with E-state index in [2.05, 4.69) is 6.07 Å². The maximum atomic E-state index is 12.2. The minimum absolute atomic E-state index is 0.175. The van der Waals surface area contributed by atoms with Crippen molar-refractivity contribution >= 4 is 11.8 Å². The van der Waals surface area contributed by atoms with E-state index in [-0.39, 0.29) is 18.3 Å². The number of cyclic esters (lactones) is 1. The standard InChI is InChI=1S/C17H23NO4/c1-21-11-14-10-18(17(20)22-14)16-5-3-2-4-15(16)12-6-8-13(19)9-7-12/h2-5,12-14,19H,6-11H2,1H3/t12-,13-,14-/m1/s1. The van der Waals surface area contributed by atoms with E-state index < -0.39 is 0 Å². The van der Waals surface area contributed by atoms with Gasteiger partial charge in [-0.15, -0.1) is 0 Å². The Bertz CT molecular complexity index is 525. The smallest absolute Gasteiger partial charge is 0.414 e. The van der Waals surface area contributed by atoms with Crippen molar-refractivity contribution in [1.82, 2.24) is 0 Å². The van der Waals surface area contributed by atoms with Crippen molar-refractivity contribution in [3.8, 4) is 0 Å². The number of benzene rings is 1. The lowest BCUT2D eigenvalue weighted by Gasteiger charge is -2.28. The molecule has 1 aliphatic heterocycles. The highest BCUT2D eigenvalue weighted by atomic mass is 16.6. The van der Waals surface area contributed by atoms with Gasteiger partial charge in [0.1, 0.15) is 6.10 Å². The summed E-state index contributed by atoms with van der Waals surface area (Å²) in [7, 11) is 1.61. The van der Waals surface area contributed by atoms with Crippen molar-refractivity contribution < 1.29 is 19.4 Å². The molecule has 0 bridgehead atoms. The van der Waals surface area contributed by atoms with Gasteiger partial charge in [-0.25, -0.2) is 4.79 Å². The number of hydrogen-bond acceptors (Lipinski definition) is 4. The van der Waals surface area contributed by atoms with Crippen molar-refractivity contribution in [2.24, 2.45) is 0 Å². The van der Waals surface area contributed by atoms with Gasteiger partial charge in [-0.1, -0.05) is 18.2 Å². The van der Waals surface area contributed by atoms with Crippen LogP contribution in [0.3, 0.4) is 0 Å². The summed E-state index contributed by atoms with van der Waals surface area (Å²) in [5.74, 6) is 0.397. The fraction of sp³-hybridized carbons (Fsp3) is 0.588. The van der Waals surface area contributed by atoms with Crippen LogP contribution in [0.25, 0.3) is 0 Å². The molecule has 1 atom stereocenters. The molecule has 0 unspecified atom stereocenters. The molecule has 1 aromatic rings. The molecular formula is C17H23NO4. The fourth-order valence-corrected chi connectivity index (χ4v) is 3.46. The van der Waals surface area contributed by atoms with Crippen LogP contribution in [0, 0.1) is 0 Å². The van der Waals surface area contributed by atoms with Gasteiger partial charge >= 0.3 is 6.09 Å². The first-order valence-corrected chi connectivity index (χ1v) is 7.93. The molecule has 0 spiro atoms. The molecule has 1 N–H and O–H groups in total. The summed E-state index contributed by atoms with van der Waals surface area (Å²) >= 11 is 0. The average Bonchev–Trinajstić information content (AvgIpc) is 2.89. The van der Waals surface area contributed by atoms with Crippen LogP contribution >= 0.6 is 0 Å². The molecule has 0 radical (unpaired) electrons. The molecule has 2 aliphatic rings. The Morgan fingerprint density at radius 1 is 1.27 bits per heavy atom. The number of aliphatic hydroxyl groups excluding tert-OH is 1. The van der Waals surface area contributed by atoms with Crippen LogP contribution in [0.4, 0.5) is 10.5 Å². The molecule has 120 valence electrons. The van der Waals surface area contributed by atoms with E-state index in [4.69, 9.17) is 9.47 Å². The highest BCUT2D eigenvalue weighted by Crippen LogP contribution is 2.38. The second-order valence-corrected chi connectivity index (χ2v) is 6.14. The number of nitrogens with zero attached hydrogens (tertiary/aromatic N) is 1. The van der Waals surface area contributed by atoms with Crippen LogP contribution in [0.2, 0.25) is 0 Å². The van der Waals surface area contributed by atoms with Gasteiger partial charge in [-0.3, -0.25) is 4.90 Å². The minimum Gasteiger partial charge on any atom is -0.441 e. The van der Waals surface area contributed by atoms with Crippen LogP contribution in [-0.4, -0.2) is 43.7 Å². The minimum atomic E-state index is -0.301. The summed E-state index contributed by atoms with van der Waals surface area (Å²) in [5, 5.41) is 9.69. The van der Waals surface area contributed by atoms with Gasteiger partial charge in [-0.05, 0) is 43.2 Å². The first-order chi connectivity index (χ1) is 10.7. The topological polar surface area (TPSA) is 59.0 Å². The van der Waals surface area contributed by atoms with Gasteiger partial charge in [-0.2, -0.15) is 0 Å². The third-order valence-electron chi connectivity index (χ3n) is 4.59. The number of hydrogen-bond donors (Lipinski definition) is 1. The third-order valence-corrected chi connectivity index (χ3v) is 4.59. The van der Waals surface area contributed by atoms with Crippen molar-refractivity contribution in [3.63, 3.8) is 0 Å². The zero-order chi connectivity index (χ0) is 15.5. The SMILES string of the molecule is COC[C@H]1CN(c2ccccc2[C@H]2CC[C@H](O)CC2)C(=O)O1. The van der Waals surface area contributed by atoms with E-state index in [0.29, 0.717) is 19.1 Å². The van der Waals surface area contributed by atoms with Gasteiger partial charge in [0.2, 0.25) is 0 Å². The largest absolute Gasteiger partial charge is 0.441 e. The maximum Gasteiger partial charge on any atom is 0.414 e. The summed E-state index contributed by atoms with van der Waals surface area (Å²) in [6.07, 6.45) is 2.90. The van der Waals surface area contributed by atoms with Crippen molar-refractivity contribution in [2.75, 3.05) is 25.2 Å². The van der Waals surface area contributed by atoms with Gasteiger partial charge in [0.15, 0.2) is 0 Å². The zero-order valence-electron chi connectivity index (χ0n) is 12.9. The van der Waals surface area contributed by atoms with Gasteiger partial charge in [0.25, 0.3) is 0 Å². The monoisotopic (exact) mass is 305 g/mol. The van der Waals surface area contributed by atoms with E-state index in [9.17, 15) is 9.90 Å². The molecule has 1 saturated heterocycles. The summed E-state index contributed by atoms with van der Waals surface area (Å²) in [6, 6.07) is 8.04. The first kappa shape index (κ1) is 15.3. The molecule has 1 amide bonds. The molecule has 1 saturated carbocycles. The number of methoxy groups -OCH3 is 1. The molecule has 5 nitrogen and oxygen atoms in total. The van der Waals surface area contributed by atoms with E-state index in [1.807, 2.05) is 18.2 Å². The summed E-state index contributed by atoms with van der Waals surface area (Å²) in [4.78, 5) is 13.9. The second kappa shape index (κ2) is 6.67. The number of aliphatic hydroxyl groups is 1. The molecule has 3 rings (SSSR count). The predicted octanol–water partition coefficient (Wildman–Crippen LogP) is 2.68. The lowest BCUT2D eigenvalue weighted by molar-refractivity contribution is 0.0718. The summed E-state index contributed by atoms with van der Waals surface area (Å²) in [5.41, 5.74) is 2.12. The number of anilines is 1. The Morgan fingerprint density at radius 3 is 2.73 bits per heavy atom. The normalized spacial score (nSPS) is 28.7. The number of rotatable bonds is 4. The highest BCUT2D eigenvalue weighted by molar-refractivity contribution is 5.90. The van der Waals surface area contributed by atoms with E-state index >= 15 is 0 Å². The number of para-hydroxylation sites is 1. The van der Waals surface area contributed by atoms with Crippen molar-refractivity contribution in [1.29, 1.82) is 0 Å². The van der Waals surface area contributed by atoms with Crippen molar-refractivity contribution in [2.45, 2.75) is 43.8 Å².